The first-order valence-electron chi connectivity index (χ1n) is 16.2. The highest BCUT2D eigenvalue weighted by molar-refractivity contribution is 9.10. The largest absolute Gasteiger partial charge is 0.360 e. The van der Waals surface area contributed by atoms with E-state index >= 15 is 0 Å². The number of halogens is 1. The molecule has 2 aromatic heterocycles. The van der Waals surface area contributed by atoms with Crippen LogP contribution in [0.25, 0.3) is 11.1 Å². The molecule has 0 saturated heterocycles. The molecular weight excluding hydrogens is 684 g/mol. The molecule has 46 heavy (non-hydrogen) atoms. The minimum atomic E-state index is -0.654. The van der Waals surface area contributed by atoms with E-state index in [1.807, 2.05) is 28.3 Å². The summed E-state index contributed by atoms with van der Waals surface area (Å²) < 4.78 is 16.6. The highest BCUT2D eigenvalue weighted by Gasteiger charge is 2.50. The number of nitrogens with one attached hydrogen (secondary N) is 1. The van der Waals surface area contributed by atoms with E-state index in [-0.39, 0.29) is 11.8 Å². The van der Waals surface area contributed by atoms with Gasteiger partial charge in [-0.25, -0.2) is 24.7 Å². The zero-order valence-electron chi connectivity index (χ0n) is 28.8. The number of hydrogen-bond donors (Lipinski definition) is 1. The molecule has 1 amide bonds. The Morgan fingerprint density at radius 2 is 1.48 bits per heavy atom. The Kier molecular flexibility index (Phi) is 11.3. The van der Waals surface area contributed by atoms with Crippen LogP contribution >= 0.6 is 36.0 Å². The molecule has 256 valence electrons. The molecule has 2 aliphatic carbocycles. The Labute approximate surface area is 286 Å². The standard InChI is InChI=1S/C34H53BrN6O3S2/c1-23-29(24(2)41(39-23)22-44-18-20-46(6,7)8)25-13-15-28(16-14-25)36-33(42)31(30(26-9-10-26)27-11-12-27)32-37-38-34(35)40(32)21-43-17-19-45(3,4)5/h13-16,26-27,30-31H,9-12,17-22H2,1-8H3,(H,36,42). The fraction of sp³-hybridized carbons (Fsp3) is 0.647. The fourth-order valence-corrected chi connectivity index (χ4v) is 7.70. The van der Waals surface area contributed by atoms with E-state index < -0.39 is 26.0 Å². The lowest BCUT2D eigenvalue weighted by Gasteiger charge is -2.27. The van der Waals surface area contributed by atoms with Gasteiger partial charge in [0, 0.05) is 28.5 Å². The summed E-state index contributed by atoms with van der Waals surface area (Å²) in [7, 11) is -1.24. The van der Waals surface area contributed by atoms with Crippen LogP contribution in [-0.4, -0.2) is 92.7 Å². The van der Waals surface area contributed by atoms with Crippen molar-refractivity contribution >= 4 is 47.6 Å². The van der Waals surface area contributed by atoms with Gasteiger partial charge in [0.2, 0.25) is 10.6 Å². The summed E-state index contributed by atoms with van der Waals surface area (Å²) in [5.41, 5.74) is 4.99. The fourth-order valence-electron chi connectivity index (χ4n) is 6.11. The quantitative estimate of drug-likeness (QED) is 0.150. The van der Waals surface area contributed by atoms with Crippen LogP contribution < -0.4 is 5.32 Å². The van der Waals surface area contributed by atoms with E-state index in [0.717, 1.165) is 46.3 Å². The van der Waals surface area contributed by atoms with Crippen molar-refractivity contribution in [2.45, 2.75) is 58.9 Å². The average Bonchev–Trinajstić information content (AvgIpc) is 3.90. The van der Waals surface area contributed by atoms with E-state index in [2.05, 4.69) is 88.0 Å². The molecule has 0 spiro atoms. The van der Waals surface area contributed by atoms with Crippen molar-refractivity contribution < 1.29 is 14.3 Å². The first-order valence-corrected chi connectivity index (χ1v) is 23.1. The van der Waals surface area contributed by atoms with Gasteiger partial charge in [-0.05, 0) is 128 Å². The van der Waals surface area contributed by atoms with Gasteiger partial charge < -0.3 is 14.8 Å². The van der Waals surface area contributed by atoms with Gasteiger partial charge in [0.1, 0.15) is 25.2 Å². The summed E-state index contributed by atoms with van der Waals surface area (Å²) in [6.07, 6.45) is 18.5. The number of amides is 1. The molecule has 2 fully saturated rings. The highest BCUT2D eigenvalue weighted by Crippen LogP contribution is 2.55. The molecule has 9 nitrogen and oxygen atoms in total. The number of rotatable bonds is 17. The van der Waals surface area contributed by atoms with E-state index in [1.165, 1.54) is 25.7 Å². The number of hydrogen-bond acceptors (Lipinski definition) is 6. The first kappa shape index (κ1) is 35.4. The molecule has 2 heterocycles. The Morgan fingerprint density at radius 1 is 0.913 bits per heavy atom. The summed E-state index contributed by atoms with van der Waals surface area (Å²) in [6, 6.07) is 8.12. The number of carbonyl (C=O) groups excluding carboxylic acids is 1. The Balaban J connectivity index is 1.31. The molecule has 1 N–H and O–H groups in total. The van der Waals surface area contributed by atoms with Crippen molar-refractivity contribution in [3.05, 3.63) is 46.2 Å². The molecule has 0 bridgehead atoms. The van der Waals surface area contributed by atoms with Crippen LogP contribution in [0.1, 0.15) is 48.8 Å². The highest BCUT2D eigenvalue weighted by atomic mass is 79.9. The summed E-state index contributed by atoms with van der Waals surface area (Å²) >= 11 is 3.59. The zero-order chi connectivity index (χ0) is 33.2. The van der Waals surface area contributed by atoms with E-state index in [1.54, 1.807) is 0 Å². The maximum absolute atomic E-state index is 14.2. The van der Waals surface area contributed by atoms with Crippen LogP contribution in [0.15, 0.2) is 29.0 Å². The summed E-state index contributed by atoms with van der Waals surface area (Å²) in [4.78, 5) is 14.2. The summed E-state index contributed by atoms with van der Waals surface area (Å²) in [5.74, 6) is 3.76. The maximum Gasteiger partial charge on any atom is 0.235 e. The molecule has 3 aromatic rings. The number of benzene rings is 1. The van der Waals surface area contributed by atoms with Crippen molar-refractivity contribution in [3.63, 3.8) is 0 Å². The van der Waals surface area contributed by atoms with Crippen molar-refractivity contribution in [2.24, 2.45) is 17.8 Å². The second-order valence-electron chi connectivity index (χ2n) is 14.8. The average molecular weight is 738 g/mol. The van der Waals surface area contributed by atoms with E-state index in [9.17, 15) is 4.79 Å². The van der Waals surface area contributed by atoms with Gasteiger partial charge in [0.05, 0.1) is 18.9 Å². The number of aromatic nitrogens is 5. The van der Waals surface area contributed by atoms with Gasteiger partial charge in [-0.2, -0.15) is 5.10 Å². The lowest BCUT2D eigenvalue weighted by atomic mass is 9.82. The van der Waals surface area contributed by atoms with Crippen LogP contribution in [0.4, 0.5) is 5.69 Å². The van der Waals surface area contributed by atoms with Crippen molar-refractivity contribution in [1.29, 1.82) is 0 Å². The van der Waals surface area contributed by atoms with Gasteiger partial charge in [0.25, 0.3) is 0 Å². The third kappa shape index (κ3) is 9.39. The molecular formula is C34H53BrN6O3S2. The normalized spacial score (nSPS) is 17.0. The van der Waals surface area contributed by atoms with Crippen molar-refractivity contribution in [3.8, 4) is 11.1 Å². The minimum absolute atomic E-state index is 0.0220. The minimum Gasteiger partial charge on any atom is -0.360 e. The smallest absolute Gasteiger partial charge is 0.235 e. The molecule has 1 aromatic carbocycles. The lowest BCUT2D eigenvalue weighted by molar-refractivity contribution is -0.119. The number of anilines is 1. The number of aryl methyl sites for hydroxylation is 1. The molecule has 0 aliphatic heterocycles. The van der Waals surface area contributed by atoms with E-state index in [0.29, 0.717) is 42.5 Å². The van der Waals surface area contributed by atoms with Gasteiger partial charge in [-0.3, -0.25) is 9.36 Å². The number of nitrogens with zero attached hydrogens (tertiary/aromatic N) is 5. The third-order valence-corrected chi connectivity index (χ3v) is 12.3. The first-order chi connectivity index (χ1) is 21.7. The second-order valence-corrected chi connectivity index (χ2v) is 24.7. The predicted molar refractivity (Wildman–Crippen MR) is 198 cm³/mol. The van der Waals surface area contributed by atoms with Gasteiger partial charge in [-0.15, -0.1) is 10.2 Å². The Bertz CT molecular complexity index is 1470. The number of carbonyl (C=O) groups is 1. The monoisotopic (exact) mass is 736 g/mol. The van der Waals surface area contributed by atoms with E-state index in [4.69, 9.17) is 14.6 Å². The third-order valence-electron chi connectivity index (χ3n) is 8.95. The second kappa shape index (κ2) is 14.7. The SMILES string of the molecule is Cc1nn(COCCS(C)(C)C)c(C)c1-c1ccc(NC(=O)C(c2nnc(Br)n2COCCS(C)(C)C)C(C2CC2)C2CC2)cc1. The van der Waals surface area contributed by atoms with Crippen LogP contribution in [0.2, 0.25) is 0 Å². The topological polar surface area (TPSA) is 96.1 Å². The predicted octanol–water partition coefficient (Wildman–Crippen LogP) is 7.02. The zero-order valence-corrected chi connectivity index (χ0v) is 32.1. The summed E-state index contributed by atoms with van der Waals surface area (Å²) in [5, 5.41) is 16.9. The van der Waals surface area contributed by atoms with Gasteiger partial charge in [0.15, 0.2) is 0 Å². The van der Waals surface area contributed by atoms with Crippen molar-refractivity contribution in [1.82, 2.24) is 24.5 Å². The molecule has 1 atom stereocenters. The lowest BCUT2D eigenvalue weighted by Crippen LogP contribution is -2.32. The molecule has 2 aliphatic rings. The molecule has 1 unspecified atom stereocenters. The molecule has 5 rings (SSSR count). The van der Waals surface area contributed by atoms with Gasteiger partial charge in [-0.1, -0.05) is 12.1 Å². The van der Waals surface area contributed by atoms with Crippen LogP contribution in [0.5, 0.6) is 0 Å². The number of ether oxygens (including phenoxy) is 2. The van der Waals surface area contributed by atoms with Crippen LogP contribution in [-0.2, 0) is 27.7 Å². The van der Waals surface area contributed by atoms with Crippen LogP contribution in [0, 0.1) is 31.6 Å². The van der Waals surface area contributed by atoms with Crippen molar-refractivity contribution in [2.75, 3.05) is 67.6 Å². The molecule has 2 saturated carbocycles. The molecule has 0 radical (unpaired) electrons. The summed E-state index contributed by atoms with van der Waals surface area (Å²) in [6.45, 7) is 6.31. The maximum atomic E-state index is 14.2. The Morgan fingerprint density at radius 3 is 2.02 bits per heavy atom. The Hall–Kier alpha value is -1.86. The van der Waals surface area contributed by atoms with Gasteiger partial charge >= 0.3 is 0 Å². The van der Waals surface area contributed by atoms with Crippen LogP contribution in [0.3, 0.4) is 0 Å². The molecule has 12 heteroatoms.